The molecule has 6 nitrogen and oxygen atoms in total. The van der Waals surface area contributed by atoms with E-state index in [-0.39, 0.29) is 5.88 Å². The highest BCUT2D eigenvalue weighted by Crippen LogP contribution is 2.27. The highest BCUT2D eigenvalue weighted by molar-refractivity contribution is 6.28. The summed E-state index contributed by atoms with van der Waals surface area (Å²) in [5, 5.41) is 4.65. The standard InChI is InChI=1S/C13H17ClN2O4/c1-19-10-4-3-9(7-11(10)20-2)5-6-15-13(18)16-12(17)8-14/h3-4,7H,5-6,8H2,1-2H3,(H2,15,16,17,18). The normalized spacial score (nSPS) is 9.75. The lowest BCUT2D eigenvalue weighted by Crippen LogP contribution is -2.40. The first-order chi connectivity index (χ1) is 9.60. The fourth-order valence-corrected chi connectivity index (χ4v) is 1.63. The van der Waals surface area contributed by atoms with Crippen LogP contribution in [-0.4, -0.2) is 38.6 Å². The first kappa shape index (κ1) is 16.1. The van der Waals surface area contributed by atoms with Crippen LogP contribution in [0.15, 0.2) is 18.2 Å². The number of hydrogen-bond donors (Lipinski definition) is 2. The third-order valence-electron chi connectivity index (χ3n) is 2.52. The molecule has 20 heavy (non-hydrogen) atoms. The first-order valence-corrected chi connectivity index (χ1v) is 6.48. The molecule has 0 saturated heterocycles. The smallest absolute Gasteiger partial charge is 0.321 e. The van der Waals surface area contributed by atoms with Gasteiger partial charge in [-0.3, -0.25) is 10.1 Å². The number of rotatable bonds is 6. The zero-order chi connectivity index (χ0) is 15.0. The van der Waals surface area contributed by atoms with Crippen molar-refractivity contribution in [1.29, 1.82) is 0 Å². The van der Waals surface area contributed by atoms with Gasteiger partial charge in [0.25, 0.3) is 0 Å². The molecular weight excluding hydrogens is 284 g/mol. The van der Waals surface area contributed by atoms with Crippen LogP contribution in [0.5, 0.6) is 11.5 Å². The van der Waals surface area contributed by atoms with Gasteiger partial charge in [0.1, 0.15) is 5.88 Å². The van der Waals surface area contributed by atoms with Crippen molar-refractivity contribution in [2.45, 2.75) is 6.42 Å². The molecule has 0 heterocycles. The van der Waals surface area contributed by atoms with Gasteiger partial charge in [-0.15, -0.1) is 11.6 Å². The Kier molecular flexibility index (Phi) is 6.66. The summed E-state index contributed by atoms with van der Waals surface area (Å²) in [5.74, 6) is 0.500. The van der Waals surface area contributed by atoms with Crippen LogP contribution in [0.4, 0.5) is 4.79 Å². The summed E-state index contributed by atoms with van der Waals surface area (Å²) >= 11 is 5.27. The summed E-state index contributed by atoms with van der Waals surface area (Å²) < 4.78 is 10.3. The number of imide groups is 1. The average molecular weight is 301 g/mol. The van der Waals surface area contributed by atoms with Crippen molar-refractivity contribution in [1.82, 2.24) is 10.6 Å². The van der Waals surface area contributed by atoms with E-state index in [9.17, 15) is 9.59 Å². The monoisotopic (exact) mass is 300 g/mol. The Balaban J connectivity index is 2.46. The largest absolute Gasteiger partial charge is 0.493 e. The number of urea groups is 1. The molecule has 1 aromatic carbocycles. The molecule has 0 aliphatic carbocycles. The lowest BCUT2D eigenvalue weighted by Gasteiger charge is -2.10. The van der Waals surface area contributed by atoms with Crippen LogP contribution in [0.25, 0.3) is 0 Å². The maximum absolute atomic E-state index is 11.3. The second-order valence-electron chi connectivity index (χ2n) is 3.88. The number of nitrogens with one attached hydrogen (secondary N) is 2. The Morgan fingerprint density at radius 3 is 2.50 bits per heavy atom. The summed E-state index contributed by atoms with van der Waals surface area (Å²) in [6.45, 7) is 0.386. The topological polar surface area (TPSA) is 76.7 Å². The molecule has 0 bridgehead atoms. The molecule has 0 aliphatic rings. The van der Waals surface area contributed by atoms with Crippen molar-refractivity contribution < 1.29 is 19.1 Å². The molecule has 110 valence electrons. The maximum atomic E-state index is 11.3. The summed E-state index contributed by atoms with van der Waals surface area (Å²) in [7, 11) is 3.13. The quantitative estimate of drug-likeness (QED) is 0.777. The predicted molar refractivity (Wildman–Crippen MR) is 75.5 cm³/mol. The first-order valence-electron chi connectivity index (χ1n) is 5.95. The van der Waals surface area contributed by atoms with Gasteiger partial charge in [0, 0.05) is 6.54 Å². The van der Waals surface area contributed by atoms with E-state index in [1.54, 1.807) is 20.3 Å². The molecule has 3 amide bonds. The Morgan fingerprint density at radius 1 is 1.20 bits per heavy atom. The van der Waals surface area contributed by atoms with Crippen molar-refractivity contribution in [2.75, 3.05) is 26.6 Å². The molecular formula is C13H17ClN2O4. The van der Waals surface area contributed by atoms with Crippen molar-refractivity contribution >= 4 is 23.5 Å². The van der Waals surface area contributed by atoms with Gasteiger partial charge < -0.3 is 14.8 Å². The molecule has 0 radical (unpaired) electrons. The minimum Gasteiger partial charge on any atom is -0.493 e. The number of methoxy groups -OCH3 is 2. The van der Waals surface area contributed by atoms with E-state index in [0.29, 0.717) is 24.5 Å². The molecule has 2 N–H and O–H groups in total. The summed E-state index contributed by atoms with van der Waals surface area (Å²) in [5.41, 5.74) is 0.978. The number of amides is 3. The molecule has 0 unspecified atom stereocenters. The van der Waals surface area contributed by atoms with Crippen LogP contribution < -0.4 is 20.1 Å². The Labute approximate surface area is 122 Å². The number of halogens is 1. The molecule has 1 rings (SSSR count). The molecule has 0 aromatic heterocycles. The third-order valence-corrected chi connectivity index (χ3v) is 2.76. The van der Waals surface area contributed by atoms with Gasteiger partial charge >= 0.3 is 6.03 Å². The van der Waals surface area contributed by atoms with Gasteiger partial charge in [-0.05, 0) is 24.1 Å². The summed E-state index contributed by atoms with van der Waals surface area (Å²) in [6.07, 6.45) is 0.600. The van der Waals surface area contributed by atoms with Gasteiger partial charge in [-0.1, -0.05) is 6.07 Å². The number of carbonyl (C=O) groups excluding carboxylic acids is 2. The highest BCUT2D eigenvalue weighted by Gasteiger charge is 2.07. The summed E-state index contributed by atoms with van der Waals surface area (Å²) in [6, 6.07) is 4.95. The molecule has 0 fully saturated rings. The summed E-state index contributed by atoms with van der Waals surface area (Å²) in [4.78, 5) is 22.2. The van der Waals surface area contributed by atoms with E-state index in [1.807, 2.05) is 12.1 Å². The average Bonchev–Trinajstić information content (AvgIpc) is 2.46. The van der Waals surface area contributed by atoms with Gasteiger partial charge in [-0.25, -0.2) is 4.79 Å². The van der Waals surface area contributed by atoms with Crippen molar-refractivity contribution in [3.05, 3.63) is 23.8 Å². The minimum atomic E-state index is -0.559. The number of hydrogen-bond acceptors (Lipinski definition) is 4. The predicted octanol–water partition coefficient (Wildman–Crippen LogP) is 1.31. The number of ether oxygens (including phenoxy) is 2. The number of benzene rings is 1. The molecule has 0 spiro atoms. The second-order valence-corrected chi connectivity index (χ2v) is 4.14. The Morgan fingerprint density at radius 2 is 1.90 bits per heavy atom. The van der Waals surface area contributed by atoms with Crippen molar-refractivity contribution in [3.8, 4) is 11.5 Å². The minimum absolute atomic E-state index is 0.247. The van der Waals surface area contributed by atoms with Gasteiger partial charge in [0.15, 0.2) is 11.5 Å². The van der Waals surface area contributed by atoms with Crippen LogP contribution in [-0.2, 0) is 11.2 Å². The molecule has 0 aliphatic heterocycles. The van der Waals surface area contributed by atoms with Gasteiger partial charge in [0.2, 0.25) is 5.91 Å². The van der Waals surface area contributed by atoms with Crippen LogP contribution in [0.3, 0.4) is 0 Å². The van der Waals surface area contributed by atoms with Crippen LogP contribution in [0.2, 0.25) is 0 Å². The van der Waals surface area contributed by atoms with E-state index < -0.39 is 11.9 Å². The lowest BCUT2D eigenvalue weighted by atomic mass is 10.1. The second kappa shape index (κ2) is 8.27. The highest BCUT2D eigenvalue weighted by atomic mass is 35.5. The van der Waals surface area contributed by atoms with Crippen molar-refractivity contribution in [3.63, 3.8) is 0 Å². The van der Waals surface area contributed by atoms with E-state index in [0.717, 1.165) is 5.56 Å². The fourth-order valence-electron chi connectivity index (χ4n) is 1.56. The molecule has 0 saturated carbocycles. The lowest BCUT2D eigenvalue weighted by molar-refractivity contribution is -0.117. The number of alkyl halides is 1. The molecule has 7 heteroatoms. The molecule has 0 atom stereocenters. The fraction of sp³-hybridized carbons (Fsp3) is 0.385. The Hall–Kier alpha value is -1.95. The zero-order valence-corrected chi connectivity index (χ0v) is 12.1. The Bertz CT molecular complexity index is 479. The SMILES string of the molecule is COc1ccc(CCNC(=O)NC(=O)CCl)cc1OC. The molecule has 1 aromatic rings. The van der Waals surface area contributed by atoms with Crippen LogP contribution >= 0.6 is 11.6 Å². The van der Waals surface area contributed by atoms with E-state index in [4.69, 9.17) is 21.1 Å². The van der Waals surface area contributed by atoms with Gasteiger partial charge in [-0.2, -0.15) is 0 Å². The third kappa shape index (κ3) is 4.97. The van der Waals surface area contributed by atoms with E-state index >= 15 is 0 Å². The zero-order valence-electron chi connectivity index (χ0n) is 11.4. The van der Waals surface area contributed by atoms with E-state index in [1.165, 1.54) is 0 Å². The van der Waals surface area contributed by atoms with Gasteiger partial charge in [0.05, 0.1) is 14.2 Å². The van der Waals surface area contributed by atoms with Crippen molar-refractivity contribution in [2.24, 2.45) is 0 Å². The van der Waals surface area contributed by atoms with Crippen LogP contribution in [0, 0.1) is 0 Å². The maximum Gasteiger partial charge on any atom is 0.321 e. The van der Waals surface area contributed by atoms with E-state index in [2.05, 4.69) is 10.6 Å². The number of carbonyl (C=O) groups is 2. The van der Waals surface area contributed by atoms with Crippen LogP contribution in [0.1, 0.15) is 5.56 Å².